The Morgan fingerprint density at radius 3 is 0.895 bits per heavy atom. The van der Waals surface area contributed by atoms with Crippen LogP contribution in [-0.2, 0) is 0 Å². The molecule has 1 nitrogen and oxygen atoms in total. The van der Waals surface area contributed by atoms with Crippen LogP contribution in [0.25, 0.3) is 0 Å². The maximum atomic E-state index is 2.33. The second-order valence-electron chi connectivity index (χ2n) is 5.65. The molecule has 0 saturated carbocycles. The molecule has 0 atom stereocenters. The molecule has 19 heavy (non-hydrogen) atoms. The van der Waals surface area contributed by atoms with E-state index in [1.165, 1.54) is 82.0 Å². The molecule has 0 aliphatic carbocycles. The van der Waals surface area contributed by atoms with Crippen molar-refractivity contribution in [2.45, 2.75) is 79.1 Å². The van der Waals surface area contributed by atoms with Crippen LogP contribution in [0.2, 0.25) is 0 Å². The SMILES string of the molecule is CCCC[N+](CCCC)(CCCC)CCCC.Cl.[F-]. The van der Waals surface area contributed by atoms with Gasteiger partial charge in [0, 0.05) is 0 Å². The molecule has 0 heterocycles. The fourth-order valence-electron chi connectivity index (χ4n) is 2.64. The van der Waals surface area contributed by atoms with Gasteiger partial charge >= 0.3 is 0 Å². The van der Waals surface area contributed by atoms with E-state index in [-0.39, 0.29) is 17.1 Å². The minimum atomic E-state index is 0. The molecule has 0 aliphatic rings. The lowest BCUT2D eigenvalue weighted by Gasteiger charge is -2.39. The number of unbranched alkanes of at least 4 members (excludes halogenated alkanes) is 4. The third-order valence-electron chi connectivity index (χ3n) is 3.94. The van der Waals surface area contributed by atoms with Gasteiger partial charge < -0.3 is 9.19 Å². The molecule has 0 rings (SSSR count). The van der Waals surface area contributed by atoms with E-state index < -0.39 is 0 Å². The number of hydrogen-bond donors (Lipinski definition) is 0. The van der Waals surface area contributed by atoms with Gasteiger partial charge in [0.05, 0.1) is 26.2 Å². The van der Waals surface area contributed by atoms with E-state index in [0.29, 0.717) is 0 Å². The molecule has 0 amide bonds. The summed E-state index contributed by atoms with van der Waals surface area (Å²) in [5.41, 5.74) is 0. The summed E-state index contributed by atoms with van der Waals surface area (Å²) in [6.07, 6.45) is 11.1. The number of rotatable bonds is 12. The number of hydrogen-bond acceptors (Lipinski definition) is 0. The lowest BCUT2D eigenvalue weighted by atomic mass is 10.1. The molecule has 120 valence electrons. The molecule has 0 unspecified atom stereocenters. The van der Waals surface area contributed by atoms with Crippen LogP contribution in [0, 0.1) is 0 Å². The first-order chi connectivity index (χ1) is 8.24. The van der Waals surface area contributed by atoms with Crippen molar-refractivity contribution in [3.8, 4) is 0 Å². The lowest BCUT2D eigenvalue weighted by Crippen LogP contribution is -3.00. The molecule has 0 fully saturated rings. The maximum absolute atomic E-state index is 2.33. The van der Waals surface area contributed by atoms with E-state index in [4.69, 9.17) is 0 Å². The molecular weight excluding hydrogens is 261 g/mol. The minimum Gasteiger partial charge on any atom is -1.00 e. The van der Waals surface area contributed by atoms with Gasteiger partial charge in [-0.2, -0.15) is 0 Å². The number of halogens is 2. The lowest BCUT2D eigenvalue weighted by molar-refractivity contribution is -0.929. The van der Waals surface area contributed by atoms with Crippen LogP contribution in [0.1, 0.15) is 79.1 Å². The van der Waals surface area contributed by atoms with Gasteiger partial charge in [-0.25, -0.2) is 0 Å². The van der Waals surface area contributed by atoms with Gasteiger partial charge in [-0.3, -0.25) is 0 Å². The Morgan fingerprint density at radius 2 is 0.737 bits per heavy atom. The Balaban J connectivity index is -0.00000128. The minimum absolute atomic E-state index is 0. The summed E-state index contributed by atoms with van der Waals surface area (Å²) in [6, 6.07) is 0. The van der Waals surface area contributed by atoms with Crippen molar-refractivity contribution >= 4 is 12.4 Å². The summed E-state index contributed by atoms with van der Waals surface area (Å²) in [5, 5.41) is 0. The van der Waals surface area contributed by atoms with E-state index in [2.05, 4.69) is 27.7 Å². The summed E-state index contributed by atoms with van der Waals surface area (Å²) >= 11 is 0. The van der Waals surface area contributed by atoms with E-state index in [1.807, 2.05) is 0 Å². The molecule has 0 aromatic carbocycles. The van der Waals surface area contributed by atoms with Crippen molar-refractivity contribution in [2.24, 2.45) is 0 Å². The molecule has 0 aliphatic heterocycles. The van der Waals surface area contributed by atoms with Crippen LogP contribution in [0.5, 0.6) is 0 Å². The van der Waals surface area contributed by atoms with E-state index in [0.717, 1.165) is 0 Å². The van der Waals surface area contributed by atoms with Crippen LogP contribution in [0.15, 0.2) is 0 Å². The van der Waals surface area contributed by atoms with Gasteiger partial charge in [0.15, 0.2) is 0 Å². The highest BCUT2D eigenvalue weighted by Crippen LogP contribution is 2.16. The monoisotopic (exact) mass is 297 g/mol. The molecule has 0 bridgehead atoms. The molecule has 3 heteroatoms. The first-order valence-electron chi connectivity index (χ1n) is 8.09. The first-order valence-corrected chi connectivity index (χ1v) is 8.09. The zero-order valence-electron chi connectivity index (χ0n) is 13.7. The maximum Gasteiger partial charge on any atom is 0.0786 e. The quantitative estimate of drug-likeness (QED) is 0.485. The molecule has 0 aromatic rings. The second-order valence-corrected chi connectivity index (χ2v) is 5.65. The first kappa shape index (κ1) is 24.2. The van der Waals surface area contributed by atoms with E-state index in [9.17, 15) is 0 Å². The van der Waals surface area contributed by atoms with Crippen LogP contribution >= 0.6 is 12.4 Å². The van der Waals surface area contributed by atoms with Crippen LogP contribution < -0.4 is 4.70 Å². The van der Waals surface area contributed by atoms with Crippen LogP contribution in [0.4, 0.5) is 0 Å². The summed E-state index contributed by atoms with van der Waals surface area (Å²) in [6.45, 7) is 15.0. The van der Waals surface area contributed by atoms with Crippen LogP contribution in [-0.4, -0.2) is 30.7 Å². The predicted octanol–water partition coefficient (Wildman–Crippen LogP) is 2.43. The van der Waals surface area contributed by atoms with E-state index >= 15 is 0 Å². The Kier molecular flexibility index (Phi) is 20.7. The average Bonchev–Trinajstić information content (AvgIpc) is 2.37. The smallest absolute Gasteiger partial charge is 0.0786 e. The normalized spacial score (nSPS) is 10.7. The van der Waals surface area contributed by atoms with Crippen molar-refractivity contribution in [3.05, 3.63) is 0 Å². The topological polar surface area (TPSA) is 0 Å². The largest absolute Gasteiger partial charge is 1.00 e. The highest BCUT2D eigenvalue weighted by molar-refractivity contribution is 5.85. The number of nitrogens with zero attached hydrogens (tertiary/aromatic N) is 1. The van der Waals surface area contributed by atoms with Gasteiger partial charge in [0.25, 0.3) is 0 Å². The van der Waals surface area contributed by atoms with Gasteiger partial charge in [-0.05, 0) is 25.7 Å². The van der Waals surface area contributed by atoms with Crippen molar-refractivity contribution in [1.82, 2.24) is 0 Å². The Morgan fingerprint density at radius 1 is 0.526 bits per heavy atom. The fourth-order valence-corrected chi connectivity index (χ4v) is 2.64. The highest BCUT2D eigenvalue weighted by atomic mass is 35.5. The van der Waals surface area contributed by atoms with Gasteiger partial charge in [-0.15, -0.1) is 12.4 Å². The zero-order valence-corrected chi connectivity index (χ0v) is 14.5. The van der Waals surface area contributed by atoms with E-state index in [1.54, 1.807) is 0 Å². The van der Waals surface area contributed by atoms with Gasteiger partial charge in [0.1, 0.15) is 0 Å². The Bertz CT molecular complexity index is 127. The molecule has 0 radical (unpaired) electrons. The fraction of sp³-hybridized carbons (Fsp3) is 1.00. The van der Waals surface area contributed by atoms with Crippen molar-refractivity contribution in [1.29, 1.82) is 0 Å². The molecule has 0 spiro atoms. The zero-order chi connectivity index (χ0) is 13.0. The summed E-state index contributed by atoms with van der Waals surface area (Å²) < 4.78 is 1.42. The summed E-state index contributed by atoms with van der Waals surface area (Å²) in [5.74, 6) is 0. The Labute approximate surface area is 127 Å². The molecular formula is C16H37ClFN. The molecule has 0 aromatic heterocycles. The molecule has 0 saturated heterocycles. The second kappa shape index (κ2) is 16.2. The third-order valence-corrected chi connectivity index (χ3v) is 3.94. The van der Waals surface area contributed by atoms with Gasteiger partial charge in [0.2, 0.25) is 0 Å². The van der Waals surface area contributed by atoms with Crippen LogP contribution in [0.3, 0.4) is 0 Å². The van der Waals surface area contributed by atoms with Crippen molar-refractivity contribution in [2.75, 3.05) is 26.2 Å². The highest BCUT2D eigenvalue weighted by Gasteiger charge is 2.24. The van der Waals surface area contributed by atoms with Gasteiger partial charge in [-0.1, -0.05) is 53.4 Å². The van der Waals surface area contributed by atoms with Crippen molar-refractivity contribution in [3.63, 3.8) is 0 Å². The molecule has 0 N–H and O–H groups in total. The standard InChI is InChI=1S/C16H36N.ClH.FH/c1-5-9-13-17(14-10-6-2,15-11-7-3)16-12-8-4;;/h5-16H2,1-4H3;2*1H/q+1;;/p-1. The van der Waals surface area contributed by atoms with Crippen molar-refractivity contribution < 1.29 is 9.19 Å². The third kappa shape index (κ3) is 11.7. The number of quaternary nitrogens is 1. The average molecular weight is 298 g/mol. The summed E-state index contributed by atoms with van der Waals surface area (Å²) in [4.78, 5) is 0. The predicted molar refractivity (Wildman–Crippen MR) is 86.6 cm³/mol. The Hall–Kier alpha value is 0.180. The summed E-state index contributed by atoms with van der Waals surface area (Å²) in [7, 11) is 0.